The zero-order valence-corrected chi connectivity index (χ0v) is 10.6. The van der Waals surface area contributed by atoms with Crippen LogP contribution in [0.4, 0.5) is 13.2 Å². The molecule has 0 atom stereocenters. The smallest absolute Gasteiger partial charge is 0.418 e. The Hall–Kier alpha value is -2.08. The molecular formula is C14H12F3NO2. The SMILES string of the molecule is Cc1nc(Oc2cccc(CO)c2)ccc1C(F)(F)F. The van der Waals surface area contributed by atoms with Gasteiger partial charge in [0.05, 0.1) is 17.9 Å². The lowest BCUT2D eigenvalue weighted by Gasteiger charge is -2.11. The summed E-state index contributed by atoms with van der Waals surface area (Å²) < 4.78 is 43.2. The van der Waals surface area contributed by atoms with Crippen LogP contribution in [-0.4, -0.2) is 10.1 Å². The third-order valence-electron chi connectivity index (χ3n) is 2.67. The van der Waals surface area contributed by atoms with E-state index < -0.39 is 11.7 Å². The van der Waals surface area contributed by atoms with Gasteiger partial charge in [0, 0.05) is 6.07 Å². The summed E-state index contributed by atoms with van der Waals surface area (Å²) in [5, 5.41) is 9.00. The zero-order valence-electron chi connectivity index (χ0n) is 10.6. The number of hydrogen-bond acceptors (Lipinski definition) is 3. The molecule has 106 valence electrons. The maximum absolute atomic E-state index is 12.6. The molecule has 0 aliphatic rings. The van der Waals surface area contributed by atoms with Crippen molar-refractivity contribution < 1.29 is 23.0 Å². The third-order valence-corrected chi connectivity index (χ3v) is 2.67. The zero-order chi connectivity index (χ0) is 14.8. The molecule has 1 N–H and O–H groups in total. The number of aromatic nitrogens is 1. The van der Waals surface area contributed by atoms with E-state index in [2.05, 4.69) is 4.98 Å². The van der Waals surface area contributed by atoms with Crippen molar-refractivity contribution in [3.8, 4) is 11.6 Å². The van der Waals surface area contributed by atoms with Crippen LogP contribution in [0.3, 0.4) is 0 Å². The van der Waals surface area contributed by atoms with E-state index in [1.807, 2.05) is 0 Å². The van der Waals surface area contributed by atoms with Crippen LogP contribution in [0.15, 0.2) is 36.4 Å². The van der Waals surface area contributed by atoms with E-state index in [1.54, 1.807) is 24.3 Å². The van der Waals surface area contributed by atoms with Crippen molar-refractivity contribution in [3.05, 3.63) is 53.2 Å². The number of ether oxygens (including phenoxy) is 1. The molecule has 0 aliphatic heterocycles. The fraction of sp³-hybridized carbons (Fsp3) is 0.214. The standard InChI is InChI=1S/C14H12F3NO2/c1-9-12(14(15,16)17)5-6-13(18-9)20-11-4-2-3-10(7-11)8-19/h2-7,19H,8H2,1H3. The summed E-state index contributed by atoms with van der Waals surface area (Å²) in [7, 11) is 0. The Bertz CT molecular complexity index is 612. The van der Waals surface area contributed by atoms with Gasteiger partial charge in [0.2, 0.25) is 5.88 Å². The number of aryl methyl sites for hydroxylation is 1. The highest BCUT2D eigenvalue weighted by atomic mass is 19.4. The fourth-order valence-corrected chi connectivity index (χ4v) is 1.72. The van der Waals surface area contributed by atoms with E-state index in [-0.39, 0.29) is 18.2 Å². The summed E-state index contributed by atoms with van der Waals surface area (Å²) in [5.74, 6) is 0.480. The molecule has 2 rings (SSSR count). The summed E-state index contributed by atoms with van der Waals surface area (Å²) in [6.45, 7) is 1.14. The van der Waals surface area contributed by atoms with E-state index >= 15 is 0 Å². The molecule has 3 nitrogen and oxygen atoms in total. The molecule has 1 aromatic carbocycles. The van der Waals surface area contributed by atoms with Crippen molar-refractivity contribution in [2.45, 2.75) is 19.7 Å². The molecule has 2 aromatic rings. The van der Waals surface area contributed by atoms with Crippen molar-refractivity contribution in [2.24, 2.45) is 0 Å². The third kappa shape index (κ3) is 3.27. The van der Waals surface area contributed by atoms with Crippen LogP contribution in [0.5, 0.6) is 11.6 Å². The Balaban J connectivity index is 2.24. The van der Waals surface area contributed by atoms with Crippen LogP contribution >= 0.6 is 0 Å². The molecule has 0 unspecified atom stereocenters. The highest BCUT2D eigenvalue weighted by Gasteiger charge is 2.33. The van der Waals surface area contributed by atoms with Gasteiger partial charge < -0.3 is 9.84 Å². The molecule has 0 radical (unpaired) electrons. The molecule has 1 heterocycles. The van der Waals surface area contributed by atoms with Gasteiger partial charge in [-0.25, -0.2) is 4.98 Å². The van der Waals surface area contributed by atoms with Crippen LogP contribution in [0, 0.1) is 6.92 Å². The minimum Gasteiger partial charge on any atom is -0.439 e. The average molecular weight is 283 g/mol. The van der Waals surface area contributed by atoms with Crippen LogP contribution in [-0.2, 0) is 12.8 Å². The topological polar surface area (TPSA) is 42.4 Å². The first-order chi connectivity index (χ1) is 9.40. The van der Waals surface area contributed by atoms with Gasteiger partial charge in [-0.15, -0.1) is 0 Å². The lowest BCUT2D eigenvalue weighted by molar-refractivity contribution is -0.138. The van der Waals surface area contributed by atoms with E-state index in [0.29, 0.717) is 11.3 Å². The molecule has 1 aromatic heterocycles. The van der Waals surface area contributed by atoms with Gasteiger partial charge in [-0.1, -0.05) is 12.1 Å². The van der Waals surface area contributed by atoms with Gasteiger partial charge in [0.25, 0.3) is 0 Å². The first-order valence-corrected chi connectivity index (χ1v) is 5.82. The number of aliphatic hydroxyl groups excluding tert-OH is 1. The number of nitrogens with zero attached hydrogens (tertiary/aromatic N) is 1. The summed E-state index contributed by atoms with van der Waals surface area (Å²) in [6, 6.07) is 8.72. The Labute approximate surface area is 113 Å². The lowest BCUT2D eigenvalue weighted by Crippen LogP contribution is -2.08. The van der Waals surface area contributed by atoms with Crippen molar-refractivity contribution in [3.63, 3.8) is 0 Å². The largest absolute Gasteiger partial charge is 0.439 e. The Kier molecular flexibility index (Phi) is 3.94. The highest BCUT2D eigenvalue weighted by molar-refractivity contribution is 5.33. The average Bonchev–Trinajstić information content (AvgIpc) is 2.37. The summed E-state index contributed by atoms with van der Waals surface area (Å²) in [4.78, 5) is 3.79. The summed E-state index contributed by atoms with van der Waals surface area (Å²) in [5.41, 5.74) is -0.284. The number of pyridine rings is 1. The molecule has 0 amide bonds. The molecule has 0 bridgehead atoms. The van der Waals surface area contributed by atoms with Crippen molar-refractivity contribution in [1.29, 1.82) is 0 Å². The van der Waals surface area contributed by atoms with E-state index in [0.717, 1.165) is 6.07 Å². The van der Waals surface area contributed by atoms with Gasteiger partial charge in [-0.05, 0) is 30.7 Å². The van der Waals surface area contributed by atoms with Crippen LogP contribution in [0.25, 0.3) is 0 Å². The second-order valence-electron chi connectivity index (χ2n) is 4.19. The van der Waals surface area contributed by atoms with E-state index in [1.165, 1.54) is 13.0 Å². The number of aliphatic hydroxyl groups is 1. The molecule has 0 fully saturated rings. The summed E-state index contributed by atoms with van der Waals surface area (Å²) in [6.07, 6.45) is -4.42. The molecule has 0 saturated carbocycles. The van der Waals surface area contributed by atoms with Crippen molar-refractivity contribution >= 4 is 0 Å². The predicted molar refractivity (Wildman–Crippen MR) is 66.4 cm³/mol. The number of hydrogen-bond donors (Lipinski definition) is 1. The molecule has 6 heteroatoms. The van der Waals surface area contributed by atoms with Crippen molar-refractivity contribution in [2.75, 3.05) is 0 Å². The lowest BCUT2D eigenvalue weighted by atomic mass is 10.2. The monoisotopic (exact) mass is 283 g/mol. The van der Waals surface area contributed by atoms with Gasteiger partial charge in [0.1, 0.15) is 5.75 Å². The Morgan fingerprint density at radius 2 is 1.95 bits per heavy atom. The highest BCUT2D eigenvalue weighted by Crippen LogP contribution is 2.32. The number of alkyl halides is 3. The van der Waals surface area contributed by atoms with Gasteiger partial charge in [-0.2, -0.15) is 13.2 Å². The molecule has 20 heavy (non-hydrogen) atoms. The first kappa shape index (κ1) is 14.3. The minimum absolute atomic E-state index is 0.0746. The quantitative estimate of drug-likeness (QED) is 0.934. The molecule has 0 spiro atoms. The molecule has 0 saturated heterocycles. The minimum atomic E-state index is -4.42. The van der Waals surface area contributed by atoms with E-state index in [4.69, 9.17) is 9.84 Å². The fourth-order valence-electron chi connectivity index (χ4n) is 1.72. The maximum atomic E-state index is 12.6. The van der Waals surface area contributed by atoms with Gasteiger partial charge >= 0.3 is 6.18 Å². The number of halogens is 3. The van der Waals surface area contributed by atoms with Crippen LogP contribution in [0.1, 0.15) is 16.8 Å². The second kappa shape index (κ2) is 5.50. The van der Waals surface area contributed by atoms with Crippen LogP contribution in [0.2, 0.25) is 0 Å². The Morgan fingerprint density at radius 1 is 1.20 bits per heavy atom. The van der Waals surface area contributed by atoms with E-state index in [9.17, 15) is 13.2 Å². The number of benzene rings is 1. The van der Waals surface area contributed by atoms with Crippen LogP contribution < -0.4 is 4.74 Å². The maximum Gasteiger partial charge on any atom is 0.418 e. The predicted octanol–water partition coefficient (Wildman–Crippen LogP) is 3.69. The van der Waals surface area contributed by atoms with Crippen molar-refractivity contribution in [1.82, 2.24) is 4.98 Å². The molecule has 0 aliphatic carbocycles. The molecular weight excluding hydrogens is 271 g/mol. The van der Waals surface area contributed by atoms with Gasteiger partial charge in [0.15, 0.2) is 0 Å². The van der Waals surface area contributed by atoms with Gasteiger partial charge in [-0.3, -0.25) is 0 Å². The number of rotatable bonds is 3. The Morgan fingerprint density at radius 3 is 2.55 bits per heavy atom. The first-order valence-electron chi connectivity index (χ1n) is 5.82. The summed E-state index contributed by atoms with van der Waals surface area (Å²) >= 11 is 0. The second-order valence-corrected chi connectivity index (χ2v) is 4.19. The normalized spacial score (nSPS) is 11.4.